The maximum atomic E-state index is 12.2. The lowest BCUT2D eigenvalue weighted by atomic mass is 10.1. The molecule has 2 amide bonds. The first-order valence-electron chi connectivity index (χ1n) is 7.12. The third-order valence-corrected chi connectivity index (χ3v) is 3.94. The molecule has 0 spiro atoms. The molecule has 2 fully saturated rings. The van der Waals surface area contributed by atoms with Gasteiger partial charge in [0.05, 0.1) is 6.54 Å². The van der Waals surface area contributed by atoms with Crippen LogP contribution >= 0.6 is 0 Å². The van der Waals surface area contributed by atoms with Gasteiger partial charge in [0.15, 0.2) is 0 Å². The smallest absolute Gasteiger partial charge is 0.236 e. The minimum absolute atomic E-state index is 0.101. The van der Waals surface area contributed by atoms with Crippen molar-refractivity contribution in [2.24, 2.45) is 0 Å². The Morgan fingerprint density at radius 1 is 1.37 bits per heavy atom. The van der Waals surface area contributed by atoms with Gasteiger partial charge in [0.1, 0.15) is 0 Å². The van der Waals surface area contributed by atoms with Crippen LogP contribution < -0.4 is 10.6 Å². The van der Waals surface area contributed by atoms with Crippen LogP contribution in [0.2, 0.25) is 0 Å². The van der Waals surface area contributed by atoms with E-state index in [1.54, 1.807) is 0 Å². The van der Waals surface area contributed by atoms with Gasteiger partial charge in [-0.2, -0.15) is 0 Å². The number of nitrogens with zero attached hydrogens (tertiary/aromatic N) is 2. The van der Waals surface area contributed by atoms with Gasteiger partial charge in [0, 0.05) is 45.2 Å². The van der Waals surface area contributed by atoms with Crippen molar-refractivity contribution < 1.29 is 9.59 Å². The lowest BCUT2D eigenvalue weighted by Crippen LogP contribution is -2.50. The summed E-state index contributed by atoms with van der Waals surface area (Å²) in [5, 5.41) is 6.12. The molecule has 6 nitrogen and oxygen atoms in total. The summed E-state index contributed by atoms with van der Waals surface area (Å²) in [6, 6.07) is 0.189. The second kappa shape index (κ2) is 6.86. The normalized spacial score (nSPS) is 25.1. The van der Waals surface area contributed by atoms with Crippen molar-refractivity contribution in [3.8, 4) is 0 Å². The van der Waals surface area contributed by atoms with E-state index in [4.69, 9.17) is 0 Å². The summed E-state index contributed by atoms with van der Waals surface area (Å²) in [5.74, 6) is 0.276. The molecule has 0 aromatic carbocycles. The molecule has 2 aliphatic heterocycles. The van der Waals surface area contributed by atoms with Crippen LogP contribution in [0.5, 0.6) is 0 Å². The van der Waals surface area contributed by atoms with Crippen molar-refractivity contribution in [1.82, 2.24) is 20.4 Å². The van der Waals surface area contributed by atoms with E-state index in [9.17, 15) is 9.59 Å². The van der Waals surface area contributed by atoms with Crippen LogP contribution in [0.15, 0.2) is 0 Å². The zero-order valence-corrected chi connectivity index (χ0v) is 11.7. The van der Waals surface area contributed by atoms with E-state index < -0.39 is 0 Å². The molecular formula is C13H24N4O2. The van der Waals surface area contributed by atoms with Crippen LogP contribution in [0.4, 0.5) is 0 Å². The highest BCUT2D eigenvalue weighted by Crippen LogP contribution is 2.12. The average Bonchev–Trinajstić information content (AvgIpc) is 2.64. The van der Waals surface area contributed by atoms with Crippen LogP contribution in [0.1, 0.15) is 19.3 Å². The Balaban J connectivity index is 1.83. The number of carbonyl (C=O) groups is 2. The number of hydrogen-bond acceptors (Lipinski definition) is 4. The summed E-state index contributed by atoms with van der Waals surface area (Å²) in [4.78, 5) is 27.7. The fraction of sp³-hybridized carbons (Fsp3) is 0.846. The van der Waals surface area contributed by atoms with E-state index in [0.717, 1.165) is 45.6 Å². The molecule has 2 aliphatic rings. The molecule has 0 radical (unpaired) electrons. The summed E-state index contributed by atoms with van der Waals surface area (Å²) >= 11 is 0. The average molecular weight is 268 g/mol. The van der Waals surface area contributed by atoms with E-state index in [-0.39, 0.29) is 17.9 Å². The van der Waals surface area contributed by atoms with Gasteiger partial charge in [-0.15, -0.1) is 0 Å². The zero-order valence-electron chi connectivity index (χ0n) is 11.7. The van der Waals surface area contributed by atoms with Crippen molar-refractivity contribution in [3.63, 3.8) is 0 Å². The molecule has 6 heteroatoms. The Labute approximate surface area is 114 Å². The predicted molar refractivity (Wildman–Crippen MR) is 72.7 cm³/mol. The Morgan fingerprint density at radius 2 is 2.11 bits per heavy atom. The van der Waals surface area contributed by atoms with Gasteiger partial charge < -0.3 is 15.5 Å². The van der Waals surface area contributed by atoms with Crippen molar-refractivity contribution in [2.75, 3.05) is 46.3 Å². The Hall–Kier alpha value is -1.14. The van der Waals surface area contributed by atoms with Gasteiger partial charge in [0.2, 0.25) is 11.8 Å². The highest BCUT2D eigenvalue weighted by Gasteiger charge is 2.24. The van der Waals surface area contributed by atoms with E-state index in [1.165, 1.54) is 0 Å². The summed E-state index contributed by atoms with van der Waals surface area (Å²) < 4.78 is 0. The molecule has 0 aliphatic carbocycles. The number of hydrogen-bond donors (Lipinski definition) is 2. The fourth-order valence-corrected chi connectivity index (χ4v) is 2.69. The largest absolute Gasteiger partial charge is 0.356 e. The highest BCUT2D eigenvalue weighted by molar-refractivity contribution is 5.79. The Morgan fingerprint density at radius 3 is 2.84 bits per heavy atom. The number of nitrogens with one attached hydrogen (secondary N) is 2. The number of rotatable bonds is 3. The Kier molecular flexibility index (Phi) is 5.15. The van der Waals surface area contributed by atoms with Gasteiger partial charge in [-0.3, -0.25) is 14.5 Å². The van der Waals surface area contributed by atoms with Crippen molar-refractivity contribution in [3.05, 3.63) is 0 Å². The first-order chi connectivity index (χ1) is 9.16. The first-order valence-corrected chi connectivity index (χ1v) is 7.12. The minimum atomic E-state index is 0.101. The second-order valence-electron chi connectivity index (χ2n) is 5.40. The molecule has 19 heavy (non-hydrogen) atoms. The van der Waals surface area contributed by atoms with Gasteiger partial charge >= 0.3 is 0 Å². The predicted octanol–water partition coefficient (Wildman–Crippen LogP) is -0.981. The monoisotopic (exact) mass is 268 g/mol. The molecule has 0 bridgehead atoms. The molecule has 2 N–H and O–H groups in total. The summed E-state index contributed by atoms with van der Waals surface area (Å²) in [5.41, 5.74) is 0. The number of piperazine rings is 1. The highest BCUT2D eigenvalue weighted by atomic mass is 16.2. The lowest BCUT2D eigenvalue weighted by Gasteiger charge is -2.31. The number of likely N-dealkylation sites (N-methyl/N-ethyl adjacent to an activating group) is 1. The molecule has 0 saturated carbocycles. The van der Waals surface area contributed by atoms with Gasteiger partial charge in [-0.05, 0) is 19.9 Å². The fourth-order valence-electron chi connectivity index (χ4n) is 2.69. The summed E-state index contributed by atoms with van der Waals surface area (Å²) in [7, 11) is 1.95. The van der Waals surface area contributed by atoms with Gasteiger partial charge in [0.25, 0.3) is 0 Å². The molecule has 0 aromatic rings. The quantitative estimate of drug-likeness (QED) is 0.690. The lowest BCUT2D eigenvalue weighted by molar-refractivity contribution is -0.133. The SMILES string of the molecule is CN(CC(=O)N1CCNCC1)C1CCCNC(=O)C1. The maximum Gasteiger partial charge on any atom is 0.236 e. The molecule has 1 atom stereocenters. The second-order valence-corrected chi connectivity index (χ2v) is 5.40. The minimum Gasteiger partial charge on any atom is -0.356 e. The maximum absolute atomic E-state index is 12.2. The third kappa shape index (κ3) is 4.18. The standard InChI is InChI=1S/C13H24N4O2/c1-16(11-3-2-4-15-12(18)9-11)10-13(19)17-7-5-14-6-8-17/h11,14H,2-10H2,1H3,(H,15,18). The Bertz CT molecular complexity index is 329. The molecule has 2 saturated heterocycles. The first kappa shape index (κ1) is 14.3. The van der Waals surface area contributed by atoms with E-state index in [1.807, 2.05) is 16.8 Å². The van der Waals surface area contributed by atoms with E-state index in [0.29, 0.717) is 13.0 Å². The third-order valence-electron chi connectivity index (χ3n) is 3.94. The molecule has 0 aromatic heterocycles. The summed E-state index contributed by atoms with van der Waals surface area (Å²) in [6.45, 7) is 4.51. The molecular weight excluding hydrogens is 244 g/mol. The van der Waals surface area contributed by atoms with Crippen LogP contribution in [0.25, 0.3) is 0 Å². The van der Waals surface area contributed by atoms with Crippen molar-refractivity contribution in [1.29, 1.82) is 0 Å². The van der Waals surface area contributed by atoms with Crippen molar-refractivity contribution >= 4 is 11.8 Å². The van der Waals surface area contributed by atoms with Crippen LogP contribution in [-0.4, -0.2) is 74.0 Å². The zero-order chi connectivity index (χ0) is 13.7. The van der Waals surface area contributed by atoms with Crippen molar-refractivity contribution in [2.45, 2.75) is 25.3 Å². The van der Waals surface area contributed by atoms with E-state index in [2.05, 4.69) is 10.6 Å². The van der Waals surface area contributed by atoms with E-state index >= 15 is 0 Å². The topological polar surface area (TPSA) is 64.7 Å². The molecule has 1 unspecified atom stereocenters. The summed E-state index contributed by atoms with van der Waals surface area (Å²) in [6.07, 6.45) is 2.47. The molecule has 2 heterocycles. The number of amides is 2. The van der Waals surface area contributed by atoms with Crippen LogP contribution in [0.3, 0.4) is 0 Å². The van der Waals surface area contributed by atoms with Gasteiger partial charge in [-0.1, -0.05) is 0 Å². The van der Waals surface area contributed by atoms with Gasteiger partial charge in [-0.25, -0.2) is 0 Å². The number of carbonyl (C=O) groups excluding carboxylic acids is 2. The van der Waals surface area contributed by atoms with Crippen LogP contribution in [-0.2, 0) is 9.59 Å². The molecule has 2 rings (SSSR count). The molecule has 108 valence electrons. The van der Waals surface area contributed by atoms with Crippen LogP contribution in [0, 0.1) is 0 Å².